The van der Waals surface area contributed by atoms with Crippen molar-refractivity contribution in [2.45, 2.75) is 31.5 Å². The summed E-state index contributed by atoms with van der Waals surface area (Å²) in [4.78, 5) is 24.6. The van der Waals surface area contributed by atoms with Gasteiger partial charge < -0.3 is 9.80 Å². The van der Waals surface area contributed by atoms with Gasteiger partial charge in [-0.15, -0.1) is 0 Å². The van der Waals surface area contributed by atoms with E-state index in [1.807, 2.05) is 4.90 Å². The minimum Gasteiger partial charge on any atom is -0.338 e. The molecule has 1 aliphatic heterocycles. The molecule has 0 atom stereocenters. The van der Waals surface area contributed by atoms with E-state index >= 15 is 0 Å². The lowest BCUT2D eigenvalue weighted by atomic mass is 10.2. The van der Waals surface area contributed by atoms with Crippen molar-refractivity contribution < 1.29 is 18.0 Å². The summed E-state index contributed by atoms with van der Waals surface area (Å²) in [5.74, 6) is 0.471. The normalized spacial score (nSPS) is 18.0. The fraction of sp³-hybridized carbons (Fsp3) is 0.529. The molecule has 1 saturated carbocycles. The van der Waals surface area contributed by atoms with Crippen LogP contribution in [0.4, 0.5) is 19.1 Å². The number of carbonyl (C=O) groups is 1. The van der Waals surface area contributed by atoms with Gasteiger partial charge in [0.15, 0.2) is 5.69 Å². The van der Waals surface area contributed by atoms with E-state index in [1.165, 1.54) is 4.68 Å². The second-order valence-electron chi connectivity index (χ2n) is 6.80. The van der Waals surface area contributed by atoms with Crippen molar-refractivity contribution in [1.29, 1.82) is 0 Å². The van der Waals surface area contributed by atoms with Crippen LogP contribution in [-0.4, -0.2) is 56.7 Å². The second kappa shape index (κ2) is 6.82. The van der Waals surface area contributed by atoms with Gasteiger partial charge in [-0.05, 0) is 25.0 Å². The van der Waals surface area contributed by atoms with Crippen molar-refractivity contribution >= 4 is 11.9 Å². The maximum absolute atomic E-state index is 13.0. The molecule has 4 rings (SSSR count). The van der Waals surface area contributed by atoms with Crippen molar-refractivity contribution in [3.05, 3.63) is 35.9 Å². The largest absolute Gasteiger partial charge is 0.435 e. The standard InChI is InChI=1S/C17H19F3N6O/c18-17(19,20)14-10-13(12-2-3-12)26(23-14)11-15(27)24-6-8-25(9-7-24)16-21-4-1-5-22-16/h1,4-5,10,12H,2-3,6-9,11H2. The first kappa shape index (κ1) is 17.7. The number of amides is 1. The van der Waals surface area contributed by atoms with Gasteiger partial charge in [-0.25, -0.2) is 9.97 Å². The van der Waals surface area contributed by atoms with Crippen LogP contribution < -0.4 is 4.90 Å². The molecule has 27 heavy (non-hydrogen) atoms. The SMILES string of the molecule is O=C(Cn1nc(C(F)(F)F)cc1C1CC1)N1CCN(c2ncccn2)CC1. The molecule has 0 aromatic carbocycles. The first-order valence-electron chi connectivity index (χ1n) is 8.86. The molecule has 1 aliphatic carbocycles. The Labute approximate surface area is 153 Å². The Morgan fingerprint density at radius 1 is 1.11 bits per heavy atom. The smallest absolute Gasteiger partial charge is 0.338 e. The van der Waals surface area contributed by atoms with Gasteiger partial charge in [-0.2, -0.15) is 18.3 Å². The van der Waals surface area contributed by atoms with Crippen LogP contribution >= 0.6 is 0 Å². The molecular formula is C17H19F3N6O. The number of nitrogens with zero attached hydrogens (tertiary/aromatic N) is 6. The van der Waals surface area contributed by atoms with Crippen molar-refractivity contribution in [3.63, 3.8) is 0 Å². The van der Waals surface area contributed by atoms with Crippen LogP contribution in [0, 0.1) is 0 Å². The van der Waals surface area contributed by atoms with Gasteiger partial charge >= 0.3 is 6.18 Å². The highest BCUT2D eigenvalue weighted by molar-refractivity contribution is 5.76. The average Bonchev–Trinajstić information content (AvgIpc) is 3.42. The summed E-state index contributed by atoms with van der Waals surface area (Å²) >= 11 is 0. The maximum atomic E-state index is 13.0. The highest BCUT2D eigenvalue weighted by Gasteiger charge is 2.38. The molecule has 10 heteroatoms. The maximum Gasteiger partial charge on any atom is 0.435 e. The summed E-state index contributed by atoms with van der Waals surface area (Å²) in [6.07, 6.45) is 0.504. The molecule has 2 aromatic heterocycles. The van der Waals surface area contributed by atoms with Crippen LogP contribution in [-0.2, 0) is 17.5 Å². The lowest BCUT2D eigenvalue weighted by Crippen LogP contribution is -2.50. The number of carbonyl (C=O) groups excluding carboxylic acids is 1. The van der Waals surface area contributed by atoms with Gasteiger partial charge in [0.2, 0.25) is 11.9 Å². The van der Waals surface area contributed by atoms with Crippen molar-refractivity contribution in [2.24, 2.45) is 0 Å². The predicted molar refractivity (Wildman–Crippen MR) is 90.0 cm³/mol. The van der Waals surface area contributed by atoms with E-state index < -0.39 is 11.9 Å². The summed E-state index contributed by atoms with van der Waals surface area (Å²) in [5, 5.41) is 3.65. The van der Waals surface area contributed by atoms with E-state index in [4.69, 9.17) is 0 Å². The molecule has 0 unspecified atom stereocenters. The first-order chi connectivity index (χ1) is 12.9. The van der Waals surface area contributed by atoms with Crippen molar-refractivity contribution in [3.8, 4) is 0 Å². The second-order valence-corrected chi connectivity index (χ2v) is 6.80. The summed E-state index contributed by atoms with van der Waals surface area (Å²) in [7, 11) is 0. The molecule has 2 fully saturated rings. The van der Waals surface area contributed by atoms with E-state index in [-0.39, 0.29) is 18.4 Å². The predicted octanol–water partition coefficient (Wildman–Crippen LogP) is 1.92. The van der Waals surface area contributed by atoms with E-state index in [2.05, 4.69) is 15.1 Å². The number of halogens is 3. The number of piperazine rings is 1. The summed E-state index contributed by atoms with van der Waals surface area (Å²) in [5.41, 5.74) is -0.421. The van der Waals surface area contributed by atoms with Crippen LogP contribution in [0.15, 0.2) is 24.5 Å². The van der Waals surface area contributed by atoms with Gasteiger partial charge in [0.1, 0.15) is 6.54 Å². The zero-order valence-electron chi connectivity index (χ0n) is 14.6. The van der Waals surface area contributed by atoms with E-state index in [1.54, 1.807) is 23.4 Å². The van der Waals surface area contributed by atoms with Gasteiger partial charge in [-0.3, -0.25) is 9.48 Å². The van der Waals surface area contributed by atoms with E-state index in [0.717, 1.165) is 18.9 Å². The summed E-state index contributed by atoms with van der Waals surface area (Å²) in [6.45, 7) is 1.95. The summed E-state index contributed by atoms with van der Waals surface area (Å²) in [6, 6.07) is 2.82. The van der Waals surface area contributed by atoms with Crippen LogP contribution in [0.3, 0.4) is 0 Å². The van der Waals surface area contributed by atoms with Gasteiger partial charge in [0.25, 0.3) is 0 Å². The molecule has 7 nitrogen and oxygen atoms in total. The molecule has 1 amide bonds. The molecule has 1 saturated heterocycles. The Morgan fingerprint density at radius 2 is 1.78 bits per heavy atom. The average molecular weight is 380 g/mol. The highest BCUT2D eigenvalue weighted by Crippen LogP contribution is 2.42. The van der Waals surface area contributed by atoms with Gasteiger partial charge in [-0.1, -0.05) is 0 Å². The lowest BCUT2D eigenvalue weighted by Gasteiger charge is -2.34. The Hall–Kier alpha value is -2.65. The minimum atomic E-state index is -4.50. The fourth-order valence-electron chi connectivity index (χ4n) is 3.24. The Bertz CT molecular complexity index is 810. The Balaban J connectivity index is 1.41. The van der Waals surface area contributed by atoms with Crippen LogP contribution in [0.25, 0.3) is 0 Å². The Morgan fingerprint density at radius 3 is 2.37 bits per heavy atom. The molecule has 144 valence electrons. The monoisotopic (exact) mass is 380 g/mol. The molecular weight excluding hydrogens is 361 g/mol. The molecule has 2 aliphatic rings. The number of alkyl halides is 3. The van der Waals surface area contributed by atoms with Gasteiger partial charge in [0, 0.05) is 50.2 Å². The van der Waals surface area contributed by atoms with Crippen LogP contribution in [0.1, 0.15) is 30.1 Å². The van der Waals surface area contributed by atoms with E-state index in [0.29, 0.717) is 37.8 Å². The first-order valence-corrected chi connectivity index (χ1v) is 8.86. The zero-order chi connectivity index (χ0) is 19.0. The lowest BCUT2D eigenvalue weighted by molar-refractivity contribution is -0.142. The number of hydrogen-bond acceptors (Lipinski definition) is 5. The van der Waals surface area contributed by atoms with Crippen LogP contribution in [0.5, 0.6) is 0 Å². The molecule has 0 N–H and O–H groups in total. The third-order valence-corrected chi connectivity index (χ3v) is 4.85. The van der Waals surface area contributed by atoms with Gasteiger partial charge in [0.05, 0.1) is 0 Å². The molecule has 0 spiro atoms. The van der Waals surface area contributed by atoms with Crippen molar-refractivity contribution in [1.82, 2.24) is 24.6 Å². The van der Waals surface area contributed by atoms with Crippen LogP contribution in [0.2, 0.25) is 0 Å². The number of aromatic nitrogens is 4. The molecule has 0 bridgehead atoms. The Kier molecular flexibility index (Phi) is 4.48. The van der Waals surface area contributed by atoms with E-state index in [9.17, 15) is 18.0 Å². The zero-order valence-corrected chi connectivity index (χ0v) is 14.6. The third kappa shape index (κ3) is 3.88. The number of hydrogen-bond donors (Lipinski definition) is 0. The number of rotatable bonds is 4. The topological polar surface area (TPSA) is 67.2 Å². The fourth-order valence-corrected chi connectivity index (χ4v) is 3.24. The molecule has 3 heterocycles. The van der Waals surface area contributed by atoms with Crippen molar-refractivity contribution in [2.75, 3.05) is 31.1 Å². The summed E-state index contributed by atoms with van der Waals surface area (Å²) < 4.78 is 40.2. The number of anilines is 1. The highest BCUT2D eigenvalue weighted by atomic mass is 19.4. The molecule has 0 radical (unpaired) electrons. The third-order valence-electron chi connectivity index (χ3n) is 4.85. The molecule has 2 aromatic rings. The quantitative estimate of drug-likeness (QED) is 0.811. The minimum absolute atomic E-state index is 0.0773.